The van der Waals surface area contributed by atoms with Crippen molar-refractivity contribution in [1.82, 2.24) is 15.2 Å². The number of aromatic nitrogens is 3. The van der Waals surface area contributed by atoms with Gasteiger partial charge in [-0.05, 0) is 49.2 Å². The van der Waals surface area contributed by atoms with Crippen LogP contribution in [0.4, 0.5) is 28.8 Å². The molecule has 1 atom stereocenters. The number of para-hydroxylation sites is 1. The molecular formula is C20H22N6. The van der Waals surface area contributed by atoms with E-state index in [0.717, 1.165) is 23.6 Å². The van der Waals surface area contributed by atoms with E-state index in [1.165, 1.54) is 11.3 Å². The van der Waals surface area contributed by atoms with Crippen molar-refractivity contribution in [3.05, 3.63) is 60.3 Å². The smallest absolute Gasteiger partial charge is 0.249 e. The summed E-state index contributed by atoms with van der Waals surface area (Å²) in [5.41, 5.74) is 4.62. The molecule has 1 N–H and O–H groups in total. The second-order valence-corrected chi connectivity index (χ2v) is 6.76. The first-order valence-corrected chi connectivity index (χ1v) is 8.73. The largest absolute Gasteiger partial charge is 0.378 e. The molecule has 6 nitrogen and oxygen atoms in total. The van der Waals surface area contributed by atoms with Crippen LogP contribution in [0.3, 0.4) is 0 Å². The Bertz CT molecular complexity index is 906. The predicted molar refractivity (Wildman–Crippen MR) is 106 cm³/mol. The van der Waals surface area contributed by atoms with Crippen LogP contribution in [-0.4, -0.2) is 35.3 Å². The van der Waals surface area contributed by atoms with Gasteiger partial charge in [0, 0.05) is 37.2 Å². The molecule has 0 saturated carbocycles. The maximum atomic E-state index is 4.69. The molecule has 0 saturated heterocycles. The van der Waals surface area contributed by atoms with Gasteiger partial charge in [-0.1, -0.05) is 18.2 Å². The van der Waals surface area contributed by atoms with E-state index >= 15 is 0 Å². The molecule has 1 aromatic heterocycles. The normalized spacial score (nSPS) is 15.7. The van der Waals surface area contributed by atoms with Crippen molar-refractivity contribution in [3.8, 4) is 0 Å². The quantitative estimate of drug-likeness (QED) is 0.776. The Morgan fingerprint density at radius 1 is 1.08 bits per heavy atom. The van der Waals surface area contributed by atoms with E-state index in [2.05, 4.69) is 73.6 Å². The van der Waals surface area contributed by atoms with Gasteiger partial charge in [0.15, 0.2) is 5.82 Å². The third kappa shape index (κ3) is 3.06. The lowest BCUT2D eigenvalue weighted by molar-refractivity contribution is 0.745. The zero-order valence-corrected chi connectivity index (χ0v) is 15.2. The van der Waals surface area contributed by atoms with Gasteiger partial charge in [0.2, 0.25) is 5.95 Å². The van der Waals surface area contributed by atoms with Crippen LogP contribution in [0.2, 0.25) is 0 Å². The molecule has 4 rings (SSSR count). The highest BCUT2D eigenvalue weighted by Gasteiger charge is 2.28. The summed E-state index contributed by atoms with van der Waals surface area (Å²) in [6.07, 6.45) is 2.73. The first-order valence-electron chi connectivity index (χ1n) is 8.73. The number of anilines is 5. The van der Waals surface area contributed by atoms with Crippen LogP contribution in [0, 0.1) is 0 Å². The van der Waals surface area contributed by atoms with Gasteiger partial charge in [-0.2, -0.15) is 10.1 Å². The van der Waals surface area contributed by atoms with Crippen LogP contribution in [0.15, 0.2) is 54.7 Å². The summed E-state index contributed by atoms with van der Waals surface area (Å²) in [7, 11) is 4.04. The minimum absolute atomic E-state index is 0.344. The number of hydrogen-bond donors (Lipinski definition) is 1. The van der Waals surface area contributed by atoms with Crippen molar-refractivity contribution in [3.63, 3.8) is 0 Å². The van der Waals surface area contributed by atoms with Gasteiger partial charge in [0.05, 0.1) is 6.20 Å². The number of fused-ring (bicyclic) bond motifs is 1. The van der Waals surface area contributed by atoms with Crippen molar-refractivity contribution < 1.29 is 0 Å². The van der Waals surface area contributed by atoms with Crippen LogP contribution in [-0.2, 0) is 6.42 Å². The van der Waals surface area contributed by atoms with Crippen molar-refractivity contribution in [2.75, 3.05) is 29.2 Å². The number of nitrogens with zero attached hydrogens (tertiary/aromatic N) is 5. The van der Waals surface area contributed by atoms with Crippen LogP contribution < -0.4 is 15.1 Å². The molecule has 2 heterocycles. The minimum Gasteiger partial charge on any atom is -0.378 e. The maximum absolute atomic E-state index is 4.69. The lowest BCUT2D eigenvalue weighted by atomic mass is 10.1. The highest BCUT2D eigenvalue weighted by molar-refractivity contribution is 5.69. The minimum atomic E-state index is 0.344. The summed E-state index contributed by atoms with van der Waals surface area (Å²) in [5, 5.41) is 11.5. The molecule has 6 heteroatoms. The summed E-state index contributed by atoms with van der Waals surface area (Å²) in [6, 6.07) is 16.9. The molecular weight excluding hydrogens is 324 g/mol. The van der Waals surface area contributed by atoms with Crippen molar-refractivity contribution in [2.45, 2.75) is 19.4 Å². The molecule has 0 aliphatic carbocycles. The van der Waals surface area contributed by atoms with Crippen LogP contribution >= 0.6 is 0 Å². The van der Waals surface area contributed by atoms with Gasteiger partial charge >= 0.3 is 0 Å². The number of benzene rings is 2. The highest BCUT2D eigenvalue weighted by Crippen LogP contribution is 2.37. The van der Waals surface area contributed by atoms with Gasteiger partial charge in [-0.25, -0.2) is 0 Å². The Morgan fingerprint density at radius 2 is 1.85 bits per heavy atom. The molecule has 0 fully saturated rings. The SMILES string of the molecule is CC1Cc2ccccc2N1c1cnnc(Nc2ccc(N(C)C)cc2)n1. The fourth-order valence-electron chi connectivity index (χ4n) is 3.35. The fourth-order valence-corrected chi connectivity index (χ4v) is 3.35. The number of hydrogen-bond acceptors (Lipinski definition) is 6. The second-order valence-electron chi connectivity index (χ2n) is 6.76. The third-order valence-corrected chi connectivity index (χ3v) is 4.64. The van der Waals surface area contributed by atoms with Crippen molar-refractivity contribution in [1.29, 1.82) is 0 Å². The monoisotopic (exact) mass is 346 g/mol. The summed E-state index contributed by atoms with van der Waals surface area (Å²) < 4.78 is 0. The van der Waals surface area contributed by atoms with E-state index in [1.54, 1.807) is 6.20 Å². The van der Waals surface area contributed by atoms with E-state index in [0.29, 0.717) is 12.0 Å². The van der Waals surface area contributed by atoms with Crippen molar-refractivity contribution in [2.24, 2.45) is 0 Å². The van der Waals surface area contributed by atoms with Gasteiger partial charge in [0.25, 0.3) is 0 Å². The first kappa shape index (κ1) is 16.3. The Kier molecular flexibility index (Phi) is 4.16. The molecule has 132 valence electrons. The third-order valence-electron chi connectivity index (χ3n) is 4.64. The molecule has 1 unspecified atom stereocenters. The molecule has 3 aromatic rings. The second kappa shape index (κ2) is 6.63. The lowest BCUT2D eigenvalue weighted by Gasteiger charge is -2.23. The number of rotatable bonds is 4. The fraction of sp³-hybridized carbons (Fsp3) is 0.250. The Labute approximate surface area is 153 Å². The highest BCUT2D eigenvalue weighted by atomic mass is 15.3. The summed E-state index contributed by atoms with van der Waals surface area (Å²) >= 11 is 0. The zero-order valence-electron chi connectivity index (χ0n) is 15.2. The summed E-state index contributed by atoms with van der Waals surface area (Å²) in [6.45, 7) is 2.20. The Balaban J connectivity index is 1.59. The van der Waals surface area contributed by atoms with E-state index < -0.39 is 0 Å². The average molecular weight is 346 g/mol. The molecule has 0 radical (unpaired) electrons. The molecule has 1 aliphatic rings. The van der Waals surface area contributed by atoms with E-state index in [4.69, 9.17) is 0 Å². The van der Waals surface area contributed by atoms with Gasteiger partial charge < -0.3 is 15.1 Å². The molecule has 26 heavy (non-hydrogen) atoms. The van der Waals surface area contributed by atoms with E-state index in [-0.39, 0.29) is 0 Å². The maximum Gasteiger partial charge on any atom is 0.249 e. The number of nitrogens with one attached hydrogen (secondary N) is 1. The van der Waals surface area contributed by atoms with Crippen LogP contribution in [0.1, 0.15) is 12.5 Å². The topological polar surface area (TPSA) is 57.2 Å². The zero-order chi connectivity index (χ0) is 18.1. The average Bonchev–Trinajstić information content (AvgIpc) is 2.98. The Morgan fingerprint density at radius 3 is 2.62 bits per heavy atom. The lowest BCUT2D eigenvalue weighted by Crippen LogP contribution is -2.25. The predicted octanol–water partition coefficient (Wildman–Crippen LogP) is 3.76. The summed E-state index contributed by atoms with van der Waals surface area (Å²) in [5.74, 6) is 1.31. The van der Waals surface area contributed by atoms with Gasteiger partial charge in [0.1, 0.15) is 0 Å². The molecule has 1 aliphatic heterocycles. The van der Waals surface area contributed by atoms with Crippen LogP contribution in [0.25, 0.3) is 0 Å². The summed E-state index contributed by atoms with van der Waals surface area (Å²) in [4.78, 5) is 8.98. The van der Waals surface area contributed by atoms with E-state index in [9.17, 15) is 0 Å². The Hall–Kier alpha value is -3.15. The molecule has 2 aromatic carbocycles. The van der Waals surface area contributed by atoms with E-state index in [1.807, 2.05) is 26.2 Å². The molecule has 0 spiro atoms. The molecule has 0 amide bonds. The van der Waals surface area contributed by atoms with Gasteiger partial charge in [-0.3, -0.25) is 0 Å². The standard InChI is InChI=1S/C20H22N6/c1-14-12-15-6-4-5-7-18(15)26(14)19-13-21-24-20(23-19)22-16-8-10-17(11-9-16)25(2)3/h4-11,13-14H,12H2,1-3H3,(H,22,23,24). The molecule has 0 bridgehead atoms. The van der Waals surface area contributed by atoms with Crippen LogP contribution in [0.5, 0.6) is 0 Å². The first-order chi connectivity index (χ1) is 12.6. The van der Waals surface area contributed by atoms with Crippen molar-refractivity contribution >= 4 is 28.8 Å². The van der Waals surface area contributed by atoms with Gasteiger partial charge in [-0.15, -0.1) is 5.10 Å².